The maximum absolute atomic E-state index is 11.9. The molecule has 1 aliphatic heterocycles. The summed E-state index contributed by atoms with van der Waals surface area (Å²) in [5.74, 6) is -1.78. The maximum Gasteiger partial charge on any atom is 0.317 e. The van der Waals surface area contributed by atoms with Crippen molar-refractivity contribution in [3.05, 3.63) is 0 Å². The van der Waals surface area contributed by atoms with E-state index < -0.39 is 17.9 Å². The van der Waals surface area contributed by atoms with E-state index in [0.29, 0.717) is 6.54 Å². The van der Waals surface area contributed by atoms with Crippen LogP contribution < -0.4 is 10.6 Å². The topological polar surface area (TPSA) is 98.7 Å². The first-order valence-corrected chi connectivity index (χ1v) is 6.67. The Morgan fingerprint density at radius 3 is 2.30 bits per heavy atom. The number of carbonyl (C=O) groups excluding carboxylic acids is 2. The number of hydrogen-bond donors (Lipinski definition) is 3. The molecule has 0 aromatic carbocycles. The van der Waals surface area contributed by atoms with Crippen molar-refractivity contribution in [2.45, 2.75) is 33.2 Å². The highest BCUT2D eigenvalue weighted by Gasteiger charge is 2.36. The van der Waals surface area contributed by atoms with Gasteiger partial charge in [-0.2, -0.15) is 0 Å². The van der Waals surface area contributed by atoms with Gasteiger partial charge in [0.25, 0.3) is 0 Å². The molecule has 0 aromatic rings. The molecule has 7 nitrogen and oxygen atoms in total. The first-order valence-electron chi connectivity index (χ1n) is 6.67. The molecule has 0 aromatic heterocycles. The summed E-state index contributed by atoms with van der Waals surface area (Å²) in [6.07, 6.45) is 0. The third kappa shape index (κ3) is 4.71. The quantitative estimate of drug-likeness (QED) is 0.693. The standard InChI is InChI=1S/C13H23N3O4/c1-8-6-16(7-9(8)11(18)19)12(20)14-5-10(17)15-13(2,3)4/h8-9H,5-7H2,1-4H3,(H,14,20)(H,15,17)(H,18,19)/t8-,9-/m1/s1. The lowest BCUT2D eigenvalue weighted by Crippen LogP contribution is -2.48. The van der Waals surface area contributed by atoms with Crippen LogP contribution in [0.2, 0.25) is 0 Å². The fraction of sp³-hybridized carbons (Fsp3) is 0.769. The van der Waals surface area contributed by atoms with E-state index in [4.69, 9.17) is 5.11 Å². The lowest BCUT2D eigenvalue weighted by molar-refractivity contribution is -0.142. The van der Waals surface area contributed by atoms with Crippen molar-refractivity contribution >= 4 is 17.9 Å². The van der Waals surface area contributed by atoms with E-state index in [1.165, 1.54) is 4.90 Å². The first-order chi connectivity index (χ1) is 9.10. The van der Waals surface area contributed by atoms with Gasteiger partial charge < -0.3 is 20.6 Å². The fourth-order valence-corrected chi connectivity index (χ4v) is 2.18. The van der Waals surface area contributed by atoms with Gasteiger partial charge in [-0.1, -0.05) is 6.92 Å². The molecular formula is C13H23N3O4. The summed E-state index contributed by atoms with van der Waals surface area (Å²) >= 11 is 0. The van der Waals surface area contributed by atoms with Crippen LogP contribution in [-0.4, -0.2) is 53.1 Å². The highest BCUT2D eigenvalue weighted by molar-refractivity contribution is 5.85. The molecule has 0 unspecified atom stereocenters. The Balaban J connectivity index is 2.41. The average molecular weight is 285 g/mol. The van der Waals surface area contributed by atoms with Crippen LogP contribution in [0, 0.1) is 11.8 Å². The monoisotopic (exact) mass is 285 g/mol. The van der Waals surface area contributed by atoms with Crippen LogP contribution in [0.5, 0.6) is 0 Å². The van der Waals surface area contributed by atoms with Gasteiger partial charge in [0.1, 0.15) is 0 Å². The summed E-state index contributed by atoms with van der Waals surface area (Å²) in [5.41, 5.74) is -0.349. The summed E-state index contributed by atoms with van der Waals surface area (Å²) in [7, 11) is 0. The number of nitrogens with one attached hydrogen (secondary N) is 2. The van der Waals surface area contributed by atoms with Crippen LogP contribution in [-0.2, 0) is 9.59 Å². The highest BCUT2D eigenvalue weighted by atomic mass is 16.4. The maximum atomic E-state index is 11.9. The Hall–Kier alpha value is -1.79. The van der Waals surface area contributed by atoms with E-state index in [2.05, 4.69) is 10.6 Å². The van der Waals surface area contributed by atoms with Crippen LogP contribution in [0.1, 0.15) is 27.7 Å². The zero-order chi connectivity index (χ0) is 15.5. The smallest absolute Gasteiger partial charge is 0.317 e. The lowest BCUT2D eigenvalue weighted by Gasteiger charge is -2.21. The zero-order valence-corrected chi connectivity index (χ0v) is 12.4. The molecule has 114 valence electrons. The summed E-state index contributed by atoms with van der Waals surface area (Å²) < 4.78 is 0. The molecule has 0 bridgehead atoms. The third-order valence-corrected chi connectivity index (χ3v) is 3.13. The van der Waals surface area contributed by atoms with Gasteiger partial charge >= 0.3 is 12.0 Å². The van der Waals surface area contributed by atoms with Crippen molar-refractivity contribution in [3.63, 3.8) is 0 Å². The van der Waals surface area contributed by atoms with E-state index in [1.54, 1.807) is 6.92 Å². The molecule has 0 saturated carbocycles. The summed E-state index contributed by atoms with van der Waals surface area (Å²) in [6, 6.07) is -0.398. The minimum absolute atomic E-state index is 0.0818. The van der Waals surface area contributed by atoms with Gasteiger partial charge in [-0.25, -0.2) is 4.79 Å². The summed E-state index contributed by atoms with van der Waals surface area (Å²) in [5, 5.41) is 14.3. The lowest BCUT2D eigenvalue weighted by atomic mass is 9.99. The van der Waals surface area contributed by atoms with E-state index in [-0.39, 0.29) is 30.5 Å². The van der Waals surface area contributed by atoms with E-state index >= 15 is 0 Å². The summed E-state index contributed by atoms with van der Waals surface area (Å²) in [4.78, 5) is 35.9. The number of nitrogens with zero attached hydrogens (tertiary/aromatic N) is 1. The Bertz CT molecular complexity index is 403. The Labute approximate surface area is 118 Å². The average Bonchev–Trinajstić information content (AvgIpc) is 2.66. The van der Waals surface area contributed by atoms with Gasteiger partial charge in [0.05, 0.1) is 12.5 Å². The van der Waals surface area contributed by atoms with Crippen molar-refractivity contribution in [1.82, 2.24) is 15.5 Å². The minimum atomic E-state index is -0.890. The van der Waals surface area contributed by atoms with E-state index in [0.717, 1.165) is 0 Å². The molecule has 1 aliphatic rings. The van der Waals surface area contributed by atoms with Crippen molar-refractivity contribution in [1.29, 1.82) is 0 Å². The molecule has 1 heterocycles. The third-order valence-electron chi connectivity index (χ3n) is 3.13. The van der Waals surface area contributed by atoms with E-state index in [1.807, 2.05) is 20.8 Å². The number of carboxylic acids is 1. The molecule has 1 fully saturated rings. The molecular weight excluding hydrogens is 262 g/mol. The molecule has 20 heavy (non-hydrogen) atoms. The molecule has 7 heteroatoms. The number of aliphatic carboxylic acids is 1. The molecule has 0 radical (unpaired) electrons. The SMILES string of the molecule is C[C@@H]1CN(C(=O)NCC(=O)NC(C)(C)C)C[C@H]1C(=O)O. The number of urea groups is 1. The van der Waals surface area contributed by atoms with Crippen molar-refractivity contribution in [2.75, 3.05) is 19.6 Å². The molecule has 1 rings (SSSR count). The van der Waals surface area contributed by atoms with Crippen molar-refractivity contribution < 1.29 is 19.5 Å². The number of amides is 3. The van der Waals surface area contributed by atoms with Crippen molar-refractivity contribution in [2.24, 2.45) is 11.8 Å². The number of rotatable bonds is 3. The van der Waals surface area contributed by atoms with Crippen LogP contribution in [0.25, 0.3) is 0 Å². The molecule has 0 aliphatic carbocycles. The van der Waals surface area contributed by atoms with Crippen molar-refractivity contribution in [3.8, 4) is 0 Å². The normalized spacial score (nSPS) is 22.5. The van der Waals surface area contributed by atoms with Gasteiger partial charge in [-0.3, -0.25) is 9.59 Å². The van der Waals surface area contributed by atoms with Crippen LogP contribution in [0.15, 0.2) is 0 Å². The molecule has 0 spiro atoms. The Morgan fingerprint density at radius 1 is 1.25 bits per heavy atom. The second kappa shape index (κ2) is 6.11. The Kier molecular flexibility index (Phi) is 4.97. The number of carboxylic acid groups (broad SMARTS) is 1. The fourth-order valence-electron chi connectivity index (χ4n) is 2.18. The first kappa shape index (κ1) is 16.3. The molecule has 3 amide bonds. The Morgan fingerprint density at radius 2 is 1.85 bits per heavy atom. The van der Waals surface area contributed by atoms with Crippen LogP contribution >= 0.6 is 0 Å². The van der Waals surface area contributed by atoms with E-state index in [9.17, 15) is 14.4 Å². The van der Waals surface area contributed by atoms with Gasteiger partial charge in [0.2, 0.25) is 5.91 Å². The second-order valence-corrected chi connectivity index (χ2v) is 6.28. The van der Waals surface area contributed by atoms with Gasteiger partial charge in [-0.05, 0) is 26.7 Å². The van der Waals surface area contributed by atoms with Gasteiger partial charge in [0.15, 0.2) is 0 Å². The van der Waals surface area contributed by atoms with Crippen LogP contribution in [0.4, 0.5) is 4.79 Å². The largest absolute Gasteiger partial charge is 0.481 e. The van der Waals surface area contributed by atoms with Crippen LogP contribution in [0.3, 0.4) is 0 Å². The highest BCUT2D eigenvalue weighted by Crippen LogP contribution is 2.22. The predicted molar refractivity (Wildman–Crippen MR) is 73.2 cm³/mol. The zero-order valence-electron chi connectivity index (χ0n) is 12.4. The second-order valence-electron chi connectivity index (χ2n) is 6.28. The number of carbonyl (C=O) groups is 3. The molecule has 3 N–H and O–H groups in total. The molecule has 2 atom stereocenters. The predicted octanol–water partition coefficient (Wildman–Crippen LogP) is 0.263. The number of likely N-dealkylation sites (tertiary alicyclic amines) is 1. The number of hydrogen-bond acceptors (Lipinski definition) is 3. The van der Waals surface area contributed by atoms with Gasteiger partial charge in [-0.15, -0.1) is 0 Å². The summed E-state index contributed by atoms with van der Waals surface area (Å²) in [6.45, 7) is 7.83. The van der Waals surface area contributed by atoms with Gasteiger partial charge in [0, 0.05) is 18.6 Å². The minimum Gasteiger partial charge on any atom is -0.481 e. The molecule has 1 saturated heterocycles.